The monoisotopic (exact) mass is 367 g/mol. The average Bonchev–Trinajstić information content (AvgIpc) is 2.69. The van der Waals surface area contributed by atoms with Gasteiger partial charge in [0.15, 0.2) is 6.61 Å². The summed E-state index contributed by atoms with van der Waals surface area (Å²) in [5.74, 6) is 0.334. The maximum atomic E-state index is 12.5. The summed E-state index contributed by atoms with van der Waals surface area (Å²) in [5, 5.41) is 2.88. The average molecular weight is 367 g/mol. The predicted molar refractivity (Wildman–Crippen MR) is 106 cm³/mol. The van der Waals surface area contributed by atoms with Crippen molar-refractivity contribution in [3.63, 3.8) is 0 Å². The minimum Gasteiger partial charge on any atom is -0.482 e. The Kier molecular flexibility index (Phi) is 5.76. The molecule has 1 aliphatic rings. The Morgan fingerprint density at radius 1 is 1.15 bits per heavy atom. The second kappa shape index (κ2) is 8.22. The van der Waals surface area contributed by atoms with Crippen LogP contribution in [0.2, 0.25) is 0 Å². The molecule has 0 spiro atoms. The molecule has 6 heteroatoms. The lowest BCUT2D eigenvalue weighted by atomic mass is 10.1. The van der Waals surface area contributed by atoms with Crippen LogP contribution in [0.25, 0.3) is 0 Å². The van der Waals surface area contributed by atoms with Crippen molar-refractivity contribution in [3.05, 3.63) is 53.6 Å². The first kappa shape index (κ1) is 18.9. The molecule has 2 amide bonds. The van der Waals surface area contributed by atoms with Gasteiger partial charge in [-0.2, -0.15) is 0 Å². The van der Waals surface area contributed by atoms with Crippen molar-refractivity contribution in [2.24, 2.45) is 0 Å². The van der Waals surface area contributed by atoms with E-state index >= 15 is 0 Å². The number of nitrogens with zero attached hydrogens (tertiary/aromatic N) is 2. The van der Waals surface area contributed by atoms with Crippen molar-refractivity contribution in [2.45, 2.75) is 20.4 Å². The van der Waals surface area contributed by atoms with Gasteiger partial charge in [0, 0.05) is 24.8 Å². The van der Waals surface area contributed by atoms with E-state index in [0.29, 0.717) is 22.7 Å². The Labute approximate surface area is 159 Å². The SMILES string of the molecule is CCN(CC)Cc1ccc(C(=O)Nc2ccc3c(c2)N(C)C(=O)CO3)cc1. The molecule has 1 heterocycles. The van der Waals surface area contributed by atoms with E-state index in [2.05, 4.69) is 24.1 Å². The van der Waals surface area contributed by atoms with Crippen molar-refractivity contribution in [1.82, 2.24) is 4.90 Å². The van der Waals surface area contributed by atoms with E-state index in [0.717, 1.165) is 19.6 Å². The molecule has 142 valence electrons. The van der Waals surface area contributed by atoms with Crippen LogP contribution in [0.3, 0.4) is 0 Å². The van der Waals surface area contributed by atoms with Gasteiger partial charge in [-0.25, -0.2) is 0 Å². The molecule has 6 nitrogen and oxygen atoms in total. The molecular weight excluding hydrogens is 342 g/mol. The zero-order valence-electron chi connectivity index (χ0n) is 16.0. The highest BCUT2D eigenvalue weighted by atomic mass is 16.5. The Morgan fingerprint density at radius 2 is 1.85 bits per heavy atom. The lowest BCUT2D eigenvalue weighted by Gasteiger charge is -2.26. The zero-order chi connectivity index (χ0) is 19.4. The molecule has 0 fully saturated rings. The van der Waals surface area contributed by atoms with Crippen LogP contribution in [-0.2, 0) is 11.3 Å². The van der Waals surface area contributed by atoms with Crippen LogP contribution in [0.4, 0.5) is 11.4 Å². The van der Waals surface area contributed by atoms with E-state index in [1.165, 1.54) is 10.5 Å². The topological polar surface area (TPSA) is 61.9 Å². The largest absolute Gasteiger partial charge is 0.482 e. The Hall–Kier alpha value is -2.86. The van der Waals surface area contributed by atoms with Gasteiger partial charge in [-0.15, -0.1) is 0 Å². The van der Waals surface area contributed by atoms with E-state index in [1.807, 2.05) is 24.3 Å². The number of carbonyl (C=O) groups is 2. The van der Waals surface area contributed by atoms with Gasteiger partial charge in [-0.1, -0.05) is 26.0 Å². The summed E-state index contributed by atoms with van der Waals surface area (Å²) in [6, 6.07) is 12.9. The van der Waals surface area contributed by atoms with Gasteiger partial charge in [0.1, 0.15) is 5.75 Å². The first-order valence-electron chi connectivity index (χ1n) is 9.17. The van der Waals surface area contributed by atoms with Crippen LogP contribution < -0.4 is 15.0 Å². The standard InChI is InChI=1S/C21H25N3O3/c1-4-24(5-2)13-15-6-8-16(9-7-15)21(26)22-17-10-11-19-18(12-17)23(3)20(25)14-27-19/h6-12H,4-5,13-14H2,1-3H3,(H,22,26). The zero-order valence-corrected chi connectivity index (χ0v) is 16.0. The summed E-state index contributed by atoms with van der Waals surface area (Å²) in [7, 11) is 1.70. The highest BCUT2D eigenvalue weighted by Crippen LogP contribution is 2.33. The number of hydrogen-bond donors (Lipinski definition) is 1. The van der Waals surface area contributed by atoms with Gasteiger partial charge >= 0.3 is 0 Å². The quantitative estimate of drug-likeness (QED) is 0.852. The number of benzene rings is 2. The van der Waals surface area contributed by atoms with Gasteiger partial charge < -0.3 is 15.0 Å². The number of rotatable bonds is 6. The Morgan fingerprint density at radius 3 is 2.52 bits per heavy atom. The van der Waals surface area contributed by atoms with Gasteiger partial charge in [0.25, 0.3) is 11.8 Å². The molecule has 3 rings (SSSR count). The molecule has 0 saturated carbocycles. The van der Waals surface area contributed by atoms with Crippen molar-refractivity contribution in [3.8, 4) is 5.75 Å². The van der Waals surface area contributed by atoms with E-state index in [-0.39, 0.29) is 18.4 Å². The Balaban J connectivity index is 1.69. The fraction of sp³-hybridized carbons (Fsp3) is 0.333. The van der Waals surface area contributed by atoms with Gasteiger partial charge in [0.05, 0.1) is 5.69 Å². The Bertz CT molecular complexity index is 829. The number of likely N-dealkylation sites (N-methyl/N-ethyl adjacent to an activating group) is 1. The molecular formula is C21H25N3O3. The van der Waals surface area contributed by atoms with E-state index in [1.54, 1.807) is 25.2 Å². The molecule has 0 radical (unpaired) electrons. The maximum absolute atomic E-state index is 12.5. The van der Waals surface area contributed by atoms with Gasteiger partial charge in [-0.05, 0) is 49.0 Å². The molecule has 0 bridgehead atoms. The first-order chi connectivity index (χ1) is 13.0. The highest BCUT2D eigenvalue weighted by molar-refractivity contribution is 6.05. The van der Waals surface area contributed by atoms with Crippen molar-refractivity contribution in [1.29, 1.82) is 0 Å². The van der Waals surface area contributed by atoms with Gasteiger partial charge in [-0.3, -0.25) is 14.5 Å². The molecule has 1 aliphatic heterocycles. The molecule has 0 saturated heterocycles. The number of carbonyl (C=O) groups excluding carboxylic acids is 2. The predicted octanol–water partition coefficient (Wildman–Crippen LogP) is 3.14. The summed E-state index contributed by atoms with van der Waals surface area (Å²) < 4.78 is 5.41. The number of hydrogen-bond acceptors (Lipinski definition) is 4. The number of amides is 2. The first-order valence-corrected chi connectivity index (χ1v) is 9.17. The van der Waals surface area contributed by atoms with Crippen LogP contribution in [0.1, 0.15) is 29.8 Å². The van der Waals surface area contributed by atoms with E-state index in [4.69, 9.17) is 4.74 Å². The van der Waals surface area contributed by atoms with Crippen molar-refractivity contribution in [2.75, 3.05) is 37.0 Å². The third-order valence-electron chi connectivity index (χ3n) is 4.82. The molecule has 0 aromatic heterocycles. The minimum atomic E-state index is -0.185. The van der Waals surface area contributed by atoms with E-state index < -0.39 is 0 Å². The fourth-order valence-electron chi connectivity index (χ4n) is 3.02. The van der Waals surface area contributed by atoms with E-state index in [9.17, 15) is 9.59 Å². The third kappa shape index (κ3) is 4.28. The summed E-state index contributed by atoms with van der Waals surface area (Å²) in [5.41, 5.74) is 3.05. The van der Waals surface area contributed by atoms with Crippen molar-refractivity contribution >= 4 is 23.2 Å². The molecule has 0 atom stereocenters. The van der Waals surface area contributed by atoms with Crippen LogP contribution >= 0.6 is 0 Å². The number of nitrogens with one attached hydrogen (secondary N) is 1. The van der Waals surface area contributed by atoms with Crippen LogP contribution in [0, 0.1) is 0 Å². The summed E-state index contributed by atoms with van der Waals surface area (Å²) in [4.78, 5) is 28.2. The second-order valence-corrected chi connectivity index (χ2v) is 6.54. The van der Waals surface area contributed by atoms with Crippen LogP contribution in [0.15, 0.2) is 42.5 Å². The maximum Gasteiger partial charge on any atom is 0.264 e. The molecule has 2 aromatic rings. The van der Waals surface area contributed by atoms with Crippen LogP contribution in [0.5, 0.6) is 5.75 Å². The molecule has 1 N–H and O–H groups in total. The highest BCUT2D eigenvalue weighted by Gasteiger charge is 2.22. The molecule has 0 unspecified atom stereocenters. The van der Waals surface area contributed by atoms with Gasteiger partial charge in [0.2, 0.25) is 0 Å². The normalized spacial score (nSPS) is 13.3. The minimum absolute atomic E-state index is 0.0368. The number of fused-ring (bicyclic) bond motifs is 1. The van der Waals surface area contributed by atoms with Crippen LogP contribution in [-0.4, -0.2) is 43.5 Å². The summed E-state index contributed by atoms with van der Waals surface area (Å²) in [6.07, 6.45) is 0. The molecule has 0 aliphatic carbocycles. The third-order valence-corrected chi connectivity index (χ3v) is 4.82. The summed E-state index contributed by atoms with van der Waals surface area (Å²) >= 11 is 0. The summed E-state index contributed by atoms with van der Waals surface area (Å²) in [6.45, 7) is 7.18. The lowest BCUT2D eigenvalue weighted by Crippen LogP contribution is -2.35. The van der Waals surface area contributed by atoms with Crippen molar-refractivity contribution < 1.29 is 14.3 Å². The molecule has 27 heavy (non-hydrogen) atoms. The molecule has 2 aromatic carbocycles. The fourth-order valence-corrected chi connectivity index (χ4v) is 3.02. The smallest absolute Gasteiger partial charge is 0.264 e. The lowest BCUT2D eigenvalue weighted by molar-refractivity contribution is -0.120. The second-order valence-electron chi connectivity index (χ2n) is 6.54. The number of anilines is 2. The number of ether oxygens (including phenoxy) is 1.